The first-order chi connectivity index (χ1) is 7.31. The van der Waals surface area contributed by atoms with Crippen LogP contribution in [0.2, 0.25) is 0 Å². The van der Waals surface area contributed by atoms with E-state index in [1.165, 1.54) is 0 Å². The molecule has 16 heavy (non-hydrogen) atoms. The Bertz CT molecular complexity index is 336. The minimum atomic E-state index is 0.251. The second-order valence-electron chi connectivity index (χ2n) is 5.47. The Hall–Kier alpha value is -1.12. The van der Waals surface area contributed by atoms with Gasteiger partial charge in [-0.2, -0.15) is 0 Å². The minimum Gasteiger partial charge on any atom is -0.354 e. The van der Waals surface area contributed by atoms with Gasteiger partial charge in [0.25, 0.3) is 0 Å². The van der Waals surface area contributed by atoms with E-state index in [1.807, 2.05) is 19.9 Å². The van der Waals surface area contributed by atoms with Crippen molar-refractivity contribution in [2.24, 2.45) is 11.3 Å². The highest BCUT2D eigenvalue weighted by atomic mass is 15.1. The summed E-state index contributed by atoms with van der Waals surface area (Å²) in [6, 6.07) is 1.98. The molecule has 0 radical (unpaired) electrons. The first kappa shape index (κ1) is 12.9. The molecule has 0 atom stereocenters. The van der Waals surface area contributed by atoms with E-state index in [0.717, 1.165) is 23.9 Å². The summed E-state index contributed by atoms with van der Waals surface area (Å²) in [6.07, 6.45) is 0. The SMILES string of the molecule is Cc1cc(C)nc(NCC(C)(C)C(C)C)n1. The van der Waals surface area contributed by atoms with Crippen molar-refractivity contribution in [1.82, 2.24) is 9.97 Å². The molecule has 1 N–H and O–H groups in total. The fourth-order valence-electron chi connectivity index (χ4n) is 1.32. The number of rotatable bonds is 4. The van der Waals surface area contributed by atoms with Gasteiger partial charge in [0, 0.05) is 17.9 Å². The van der Waals surface area contributed by atoms with Crippen LogP contribution in [-0.2, 0) is 0 Å². The lowest BCUT2D eigenvalue weighted by Gasteiger charge is -2.29. The maximum atomic E-state index is 4.37. The lowest BCUT2D eigenvalue weighted by molar-refractivity contribution is 0.269. The van der Waals surface area contributed by atoms with Crippen LogP contribution in [0, 0.1) is 25.2 Å². The molecule has 0 aliphatic rings. The highest BCUT2D eigenvalue weighted by Crippen LogP contribution is 2.25. The smallest absolute Gasteiger partial charge is 0.223 e. The number of hydrogen-bond acceptors (Lipinski definition) is 3. The number of nitrogens with zero attached hydrogens (tertiary/aromatic N) is 2. The second-order valence-corrected chi connectivity index (χ2v) is 5.47. The fourth-order valence-corrected chi connectivity index (χ4v) is 1.32. The summed E-state index contributed by atoms with van der Waals surface area (Å²) < 4.78 is 0. The summed E-state index contributed by atoms with van der Waals surface area (Å²) in [5.74, 6) is 1.37. The van der Waals surface area contributed by atoms with Crippen LogP contribution >= 0.6 is 0 Å². The Kier molecular flexibility index (Phi) is 3.89. The van der Waals surface area contributed by atoms with Gasteiger partial charge in [-0.15, -0.1) is 0 Å². The summed E-state index contributed by atoms with van der Waals surface area (Å²) in [4.78, 5) is 8.75. The normalized spacial score (nSPS) is 11.9. The molecule has 0 amide bonds. The largest absolute Gasteiger partial charge is 0.354 e. The molecule has 0 saturated carbocycles. The van der Waals surface area contributed by atoms with Crippen molar-refractivity contribution in [1.29, 1.82) is 0 Å². The quantitative estimate of drug-likeness (QED) is 0.848. The van der Waals surface area contributed by atoms with Crippen LogP contribution < -0.4 is 5.32 Å². The van der Waals surface area contributed by atoms with E-state index in [9.17, 15) is 0 Å². The molecule has 0 fully saturated rings. The lowest BCUT2D eigenvalue weighted by Crippen LogP contribution is -2.29. The van der Waals surface area contributed by atoms with Crippen LogP contribution in [0.25, 0.3) is 0 Å². The van der Waals surface area contributed by atoms with Gasteiger partial charge in [-0.25, -0.2) is 9.97 Å². The van der Waals surface area contributed by atoms with Gasteiger partial charge >= 0.3 is 0 Å². The van der Waals surface area contributed by atoms with Gasteiger partial charge in [0.2, 0.25) is 5.95 Å². The van der Waals surface area contributed by atoms with Crippen molar-refractivity contribution in [3.8, 4) is 0 Å². The zero-order valence-electron chi connectivity index (χ0n) is 11.3. The molecule has 3 heteroatoms. The van der Waals surface area contributed by atoms with Crippen LogP contribution in [0.15, 0.2) is 6.07 Å². The number of anilines is 1. The first-order valence-electron chi connectivity index (χ1n) is 5.87. The summed E-state index contributed by atoms with van der Waals surface area (Å²) in [6.45, 7) is 13.9. The van der Waals surface area contributed by atoms with Gasteiger partial charge in [-0.05, 0) is 31.2 Å². The van der Waals surface area contributed by atoms with Gasteiger partial charge in [0.1, 0.15) is 0 Å². The molecule has 0 aliphatic heterocycles. The van der Waals surface area contributed by atoms with Crippen molar-refractivity contribution in [3.63, 3.8) is 0 Å². The van der Waals surface area contributed by atoms with Crippen molar-refractivity contribution < 1.29 is 0 Å². The van der Waals surface area contributed by atoms with Gasteiger partial charge in [-0.3, -0.25) is 0 Å². The second kappa shape index (κ2) is 4.81. The molecule has 1 rings (SSSR count). The van der Waals surface area contributed by atoms with Gasteiger partial charge in [-0.1, -0.05) is 27.7 Å². The third-order valence-electron chi connectivity index (χ3n) is 3.25. The molecule has 0 spiro atoms. The molecule has 3 nitrogen and oxygen atoms in total. The highest BCUT2D eigenvalue weighted by Gasteiger charge is 2.22. The maximum absolute atomic E-state index is 4.37. The van der Waals surface area contributed by atoms with E-state index >= 15 is 0 Å². The van der Waals surface area contributed by atoms with Crippen LogP contribution in [0.4, 0.5) is 5.95 Å². The average molecular weight is 221 g/mol. The maximum Gasteiger partial charge on any atom is 0.223 e. The van der Waals surface area contributed by atoms with Crippen LogP contribution in [0.3, 0.4) is 0 Å². The number of nitrogens with one attached hydrogen (secondary N) is 1. The molecular formula is C13H23N3. The van der Waals surface area contributed by atoms with Gasteiger partial charge < -0.3 is 5.32 Å². The Morgan fingerprint density at radius 3 is 2.12 bits per heavy atom. The number of hydrogen-bond donors (Lipinski definition) is 1. The fraction of sp³-hybridized carbons (Fsp3) is 0.692. The molecule has 90 valence electrons. The zero-order valence-corrected chi connectivity index (χ0v) is 11.3. The van der Waals surface area contributed by atoms with Crippen LogP contribution in [0.5, 0.6) is 0 Å². The topological polar surface area (TPSA) is 37.8 Å². The van der Waals surface area contributed by atoms with Crippen molar-refractivity contribution in [2.45, 2.75) is 41.5 Å². The predicted octanol–water partition coefficient (Wildman–Crippen LogP) is 3.19. The third kappa shape index (κ3) is 3.47. The zero-order chi connectivity index (χ0) is 12.3. The molecule has 1 aromatic rings. The average Bonchev–Trinajstić information content (AvgIpc) is 2.13. The van der Waals surface area contributed by atoms with Crippen molar-refractivity contribution in [3.05, 3.63) is 17.5 Å². The van der Waals surface area contributed by atoms with Gasteiger partial charge in [0.15, 0.2) is 0 Å². The van der Waals surface area contributed by atoms with E-state index in [0.29, 0.717) is 5.92 Å². The molecule has 0 aliphatic carbocycles. The lowest BCUT2D eigenvalue weighted by atomic mass is 9.81. The first-order valence-corrected chi connectivity index (χ1v) is 5.87. The minimum absolute atomic E-state index is 0.251. The van der Waals surface area contributed by atoms with E-state index in [1.54, 1.807) is 0 Å². The van der Waals surface area contributed by atoms with Gasteiger partial charge in [0.05, 0.1) is 0 Å². The molecule has 0 aromatic carbocycles. The molecule has 0 bridgehead atoms. The molecule has 1 aromatic heterocycles. The third-order valence-corrected chi connectivity index (χ3v) is 3.25. The van der Waals surface area contributed by atoms with E-state index in [2.05, 4.69) is 43.0 Å². The Morgan fingerprint density at radius 1 is 1.19 bits per heavy atom. The molecule has 1 heterocycles. The molecular weight excluding hydrogens is 198 g/mol. The Balaban J connectivity index is 2.68. The number of aromatic nitrogens is 2. The Labute approximate surface area is 98.7 Å². The van der Waals surface area contributed by atoms with Crippen molar-refractivity contribution >= 4 is 5.95 Å². The summed E-state index contributed by atoms with van der Waals surface area (Å²) in [5.41, 5.74) is 2.27. The molecule has 0 saturated heterocycles. The summed E-state index contributed by atoms with van der Waals surface area (Å²) in [7, 11) is 0. The van der Waals surface area contributed by atoms with E-state index in [4.69, 9.17) is 0 Å². The summed E-state index contributed by atoms with van der Waals surface area (Å²) >= 11 is 0. The number of aryl methyl sites for hydroxylation is 2. The van der Waals surface area contributed by atoms with E-state index in [-0.39, 0.29) is 5.41 Å². The van der Waals surface area contributed by atoms with Crippen LogP contribution in [-0.4, -0.2) is 16.5 Å². The summed E-state index contributed by atoms with van der Waals surface area (Å²) in [5, 5.41) is 3.33. The van der Waals surface area contributed by atoms with Crippen molar-refractivity contribution in [2.75, 3.05) is 11.9 Å². The molecule has 0 unspecified atom stereocenters. The van der Waals surface area contributed by atoms with E-state index < -0.39 is 0 Å². The van der Waals surface area contributed by atoms with Crippen LogP contribution in [0.1, 0.15) is 39.1 Å². The predicted molar refractivity (Wildman–Crippen MR) is 68.6 cm³/mol. The monoisotopic (exact) mass is 221 g/mol. The Morgan fingerprint density at radius 2 is 1.69 bits per heavy atom. The standard InChI is InChI=1S/C13H23N3/c1-9(2)13(5,6)8-14-12-15-10(3)7-11(4)16-12/h7,9H,8H2,1-6H3,(H,14,15,16). The highest BCUT2D eigenvalue weighted by molar-refractivity contribution is 5.27.